The van der Waals surface area contributed by atoms with E-state index >= 15 is 0 Å². The van der Waals surface area contributed by atoms with Crippen LogP contribution in [0.2, 0.25) is 0 Å². The minimum absolute atomic E-state index is 0.0334. The molecule has 0 aliphatic rings. The number of carbonyl (C=O) groups is 4. The molecule has 1 aromatic carbocycles. The number of benzene rings is 1. The molecule has 0 radical (unpaired) electrons. The van der Waals surface area contributed by atoms with Crippen LogP contribution in [-0.2, 0) is 19.1 Å². The number of hydrogen-bond donors (Lipinski definition) is 3. The van der Waals surface area contributed by atoms with Gasteiger partial charge in [0, 0.05) is 18.0 Å². The van der Waals surface area contributed by atoms with Crippen LogP contribution in [0, 0.1) is 6.92 Å². The van der Waals surface area contributed by atoms with Crippen molar-refractivity contribution in [3.05, 3.63) is 35.4 Å². The van der Waals surface area contributed by atoms with Crippen LogP contribution in [-0.4, -0.2) is 51.9 Å². The van der Waals surface area contributed by atoms with Crippen LogP contribution in [0.3, 0.4) is 0 Å². The van der Waals surface area contributed by atoms with Gasteiger partial charge in [-0.3, -0.25) is 14.4 Å². The van der Waals surface area contributed by atoms with E-state index in [1.54, 1.807) is 20.8 Å². The monoisotopic (exact) mass is 518 g/mol. The molecule has 0 saturated heterocycles. The van der Waals surface area contributed by atoms with Gasteiger partial charge in [0.1, 0.15) is 17.7 Å². The maximum absolute atomic E-state index is 14.2. The first-order valence-corrected chi connectivity index (χ1v) is 12.9. The van der Waals surface area contributed by atoms with Crippen molar-refractivity contribution in [1.82, 2.24) is 15.5 Å². The summed E-state index contributed by atoms with van der Waals surface area (Å²) in [5.74, 6) is -1.43. The second kappa shape index (κ2) is 13.4. The molecule has 0 heterocycles. The summed E-state index contributed by atoms with van der Waals surface area (Å²) in [6.07, 6.45) is 0.732. The highest BCUT2D eigenvalue weighted by atomic mass is 16.6. The Morgan fingerprint density at radius 2 is 1.59 bits per heavy atom. The smallest absolute Gasteiger partial charge is 0.408 e. The molecule has 208 valence electrons. The van der Waals surface area contributed by atoms with Gasteiger partial charge >= 0.3 is 6.09 Å². The summed E-state index contributed by atoms with van der Waals surface area (Å²) in [7, 11) is 0. The Morgan fingerprint density at radius 1 is 1.00 bits per heavy atom. The fourth-order valence-electron chi connectivity index (χ4n) is 4.12. The highest BCUT2D eigenvalue weighted by Gasteiger charge is 2.42. The molecular weight excluding hydrogens is 472 g/mol. The zero-order chi connectivity index (χ0) is 28.6. The van der Waals surface area contributed by atoms with E-state index in [1.807, 2.05) is 65.8 Å². The van der Waals surface area contributed by atoms with Crippen LogP contribution < -0.4 is 16.4 Å². The number of alkyl carbamates (subject to hydrolysis) is 1. The number of nitrogens with two attached hydrogens (primary N) is 1. The van der Waals surface area contributed by atoms with Crippen molar-refractivity contribution in [2.75, 3.05) is 0 Å². The third-order valence-electron chi connectivity index (χ3n) is 5.73. The van der Waals surface area contributed by atoms with Gasteiger partial charge in [0.15, 0.2) is 0 Å². The van der Waals surface area contributed by atoms with Crippen molar-refractivity contribution in [3.63, 3.8) is 0 Å². The fraction of sp³-hybridized carbons (Fsp3) is 0.643. The minimum Gasteiger partial charge on any atom is -0.444 e. The maximum Gasteiger partial charge on any atom is 0.408 e. The number of aryl methyl sites for hydroxylation is 1. The molecule has 0 aliphatic heterocycles. The SMILES string of the molecule is CCCC(C)NC(=O)C(c1ccccc1C)N(C(=O)C(CCC(N)=O)NC(=O)OC(C)(C)C)C(C)(C)C. The molecule has 1 aromatic rings. The van der Waals surface area contributed by atoms with Crippen LogP contribution in [0.25, 0.3) is 0 Å². The van der Waals surface area contributed by atoms with Crippen molar-refractivity contribution in [2.24, 2.45) is 5.73 Å². The van der Waals surface area contributed by atoms with Gasteiger partial charge in [0.2, 0.25) is 17.7 Å². The Labute approximate surface area is 221 Å². The standard InChI is InChI=1S/C28H46N4O5/c1-10-13-19(3)30-24(34)23(20-15-12-11-14-18(20)2)32(27(4,5)6)25(35)21(16-17-22(29)33)31-26(36)37-28(7,8)9/h11-12,14-15,19,21,23H,10,13,16-17H2,1-9H3,(H2,29,33)(H,30,34)(H,31,36). The molecule has 0 spiro atoms. The van der Waals surface area contributed by atoms with E-state index in [9.17, 15) is 19.2 Å². The van der Waals surface area contributed by atoms with Gasteiger partial charge in [-0.1, -0.05) is 37.6 Å². The Balaban J connectivity index is 3.59. The van der Waals surface area contributed by atoms with Crippen LogP contribution in [0.15, 0.2) is 24.3 Å². The molecule has 0 aromatic heterocycles. The van der Waals surface area contributed by atoms with Gasteiger partial charge in [0.05, 0.1) is 0 Å². The van der Waals surface area contributed by atoms with Crippen molar-refractivity contribution in [1.29, 1.82) is 0 Å². The molecule has 3 atom stereocenters. The van der Waals surface area contributed by atoms with Crippen LogP contribution in [0.5, 0.6) is 0 Å². The second-order valence-electron chi connectivity index (χ2n) is 11.5. The molecule has 4 amide bonds. The molecule has 0 bridgehead atoms. The molecule has 0 fully saturated rings. The van der Waals surface area contributed by atoms with E-state index in [0.29, 0.717) is 5.56 Å². The number of primary amides is 1. The largest absolute Gasteiger partial charge is 0.444 e. The number of hydrogen-bond acceptors (Lipinski definition) is 5. The Bertz CT molecular complexity index is 949. The summed E-state index contributed by atoms with van der Waals surface area (Å²) in [6.45, 7) is 16.5. The third kappa shape index (κ3) is 10.4. The van der Waals surface area contributed by atoms with Gasteiger partial charge in [-0.05, 0) is 79.4 Å². The lowest BCUT2D eigenvalue weighted by molar-refractivity contribution is -0.149. The number of nitrogens with one attached hydrogen (secondary N) is 2. The van der Waals surface area contributed by atoms with E-state index in [-0.39, 0.29) is 24.8 Å². The predicted molar refractivity (Wildman–Crippen MR) is 145 cm³/mol. The summed E-state index contributed by atoms with van der Waals surface area (Å²) in [5.41, 5.74) is 5.28. The Kier molecular flexibility index (Phi) is 11.6. The van der Waals surface area contributed by atoms with Gasteiger partial charge in [-0.15, -0.1) is 0 Å². The van der Waals surface area contributed by atoms with Gasteiger partial charge in [0.25, 0.3) is 0 Å². The lowest BCUT2D eigenvalue weighted by Gasteiger charge is -2.43. The van der Waals surface area contributed by atoms with E-state index < -0.39 is 41.1 Å². The van der Waals surface area contributed by atoms with E-state index in [0.717, 1.165) is 18.4 Å². The van der Waals surface area contributed by atoms with Crippen LogP contribution in [0.4, 0.5) is 4.79 Å². The van der Waals surface area contributed by atoms with Crippen LogP contribution >= 0.6 is 0 Å². The quantitative estimate of drug-likeness (QED) is 0.405. The summed E-state index contributed by atoms with van der Waals surface area (Å²) in [6, 6.07) is 5.23. The minimum atomic E-state index is -1.13. The van der Waals surface area contributed by atoms with Gasteiger partial charge in [-0.25, -0.2) is 4.79 Å². The highest BCUT2D eigenvalue weighted by molar-refractivity contribution is 5.93. The number of ether oxygens (including phenoxy) is 1. The molecule has 0 saturated carbocycles. The summed E-state index contributed by atoms with van der Waals surface area (Å²) in [5, 5.41) is 5.67. The molecule has 0 aliphatic carbocycles. The normalized spacial score (nSPS) is 14.2. The highest BCUT2D eigenvalue weighted by Crippen LogP contribution is 2.32. The molecule has 37 heavy (non-hydrogen) atoms. The van der Waals surface area contributed by atoms with E-state index in [2.05, 4.69) is 10.6 Å². The lowest BCUT2D eigenvalue weighted by atomic mass is 9.92. The molecule has 4 N–H and O–H groups in total. The molecule has 9 heteroatoms. The first-order chi connectivity index (χ1) is 17.0. The zero-order valence-corrected chi connectivity index (χ0v) is 23.9. The lowest BCUT2D eigenvalue weighted by Crippen LogP contribution is -2.59. The van der Waals surface area contributed by atoms with Gasteiger partial charge in [-0.2, -0.15) is 0 Å². The molecular formula is C28H46N4O5. The van der Waals surface area contributed by atoms with E-state index in [1.165, 1.54) is 4.90 Å². The number of amides is 4. The number of nitrogens with zero attached hydrogens (tertiary/aromatic N) is 1. The zero-order valence-electron chi connectivity index (χ0n) is 23.9. The Hall–Kier alpha value is -3.10. The topological polar surface area (TPSA) is 131 Å². The van der Waals surface area contributed by atoms with Crippen LogP contribution in [0.1, 0.15) is 98.2 Å². The molecule has 3 unspecified atom stereocenters. The van der Waals surface area contributed by atoms with Gasteiger partial charge < -0.3 is 26.0 Å². The van der Waals surface area contributed by atoms with Crippen molar-refractivity contribution < 1.29 is 23.9 Å². The number of carbonyl (C=O) groups excluding carboxylic acids is 4. The second-order valence-corrected chi connectivity index (χ2v) is 11.5. The molecule has 1 rings (SSSR count). The maximum atomic E-state index is 14.2. The summed E-state index contributed by atoms with van der Waals surface area (Å²) >= 11 is 0. The summed E-state index contributed by atoms with van der Waals surface area (Å²) in [4.78, 5) is 53.7. The number of rotatable bonds is 11. The van der Waals surface area contributed by atoms with E-state index in [4.69, 9.17) is 10.5 Å². The third-order valence-corrected chi connectivity index (χ3v) is 5.73. The average Bonchev–Trinajstić information content (AvgIpc) is 2.72. The van der Waals surface area contributed by atoms with Crippen molar-refractivity contribution in [2.45, 2.75) is 117 Å². The first kappa shape index (κ1) is 31.9. The van der Waals surface area contributed by atoms with Crippen molar-refractivity contribution >= 4 is 23.8 Å². The summed E-state index contributed by atoms with van der Waals surface area (Å²) < 4.78 is 5.37. The fourth-order valence-corrected chi connectivity index (χ4v) is 4.12. The Morgan fingerprint density at radius 3 is 2.08 bits per heavy atom. The first-order valence-electron chi connectivity index (χ1n) is 12.9. The van der Waals surface area contributed by atoms with Crippen molar-refractivity contribution in [3.8, 4) is 0 Å². The predicted octanol–water partition coefficient (Wildman–Crippen LogP) is 4.13. The average molecular weight is 519 g/mol. The molecule has 9 nitrogen and oxygen atoms in total.